The van der Waals surface area contributed by atoms with Gasteiger partial charge in [0.15, 0.2) is 0 Å². The fourth-order valence-electron chi connectivity index (χ4n) is 4.27. The molecule has 0 aliphatic heterocycles. The van der Waals surface area contributed by atoms with Crippen molar-refractivity contribution in [3.8, 4) is 34.0 Å². The van der Waals surface area contributed by atoms with Crippen LogP contribution in [0, 0.1) is 12.7 Å². The van der Waals surface area contributed by atoms with Crippen molar-refractivity contribution in [3.05, 3.63) is 90.7 Å². The van der Waals surface area contributed by atoms with Crippen LogP contribution in [0.2, 0.25) is 0 Å². The summed E-state index contributed by atoms with van der Waals surface area (Å²) in [4.78, 5) is 25.0. The SMILES string of the molecule is C=C(C)C(=O)Nc1ccc(-c2c(-c3ccc(Oc4cccc(C)n4)cc3)c3c(N)ncnc3n2C)cc1F. The summed E-state index contributed by atoms with van der Waals surface area (Å²) in [6, 6.07) is 17.7. The van der Waals surface area contributed by atoms with E-state index in [-0.39, 0.29) is 11.3 Å². The Hall–Kier alpha value is -5.05. The number of ether oxygens (including phenoxy) is 1. The molecule has 2 aromatic carbocycles. The van der Waals surface area contributed by atoms with Gasteiger partial charge < -0.3 is 20.4 Å². The zero-order chi connectivity index (χ0) is 27.0. The van der Waals surface area contributed by atoms with Gasteiger partial charge in [0.05, 0.1) is 16.8 Å². The quantitative estimate of drug-likeness (QED) is 0.271. The lowest BCUT2D eigenvalue weighted by Gasteiger charge is -2.12. The van der Waals surface area contributed by atoms with Gasteiger partial charge in [0.2, 0.25) is 5.88 Å². The van der Waals surface area contributed by atoms with E-state index in [1.165, 1.54) is 18.5 Å². The number of benzene rings is 2. The summed E-state index contributed by atoms with van der Waals surface area (Å²) < 4.78 is 22.9. The number of amides is 1. The van der Waals surface area contributed by atoms with Crippen molar-refractivity contribution >= 4 is 28.4 Å². The molecule has 0 spiro atoms. The number of aryl methyl sites for hydroxylation is 2. The van der Waals surface area contributed by atoms with Gasteiger partial charge >= 0.3 is 0 Å². The molecule has 8 nitrogen and oxygen atoms in total. The van der Waals surface area contributed by atoms with Crippen molar-refractivity contribution in [1.29, 1.82) is 0 Å². The van der Waals surface area contributed by atoms with Crippen molar-refractivity contribution < 1.29 is 13.9 Å². The molecule has 0 aliphatic rings. The molecule has 1 amide bonds. The molecule has 0 fully saturated rings. The summed E-state index contributed by atoms with van der Waals surface area (Å²) in [6.07, 6.45) is 1.40. The van der Waals surface area contributed by atoms with E-state index in [0.29, 0.717) is 39.7 Å². The number of rotatable bonds is 6. The number of carbonyl (C=O) groups is 1. The Kier molecular flexibility index (Phi) is 6.34. The van der Waals surface area contributed by atoms with Crippen molar-refractivity contribution in [2.75, 3.05) is 11.1 Å². The van der Waals surface area contributed by atoms with E-state index in [2.05, 4.69) is 26.8 Å². The zero-order valence-electron chi connectivity index (χ0n) is 21.1. The van der Waals surface area contributed by atoms with E-state index in [0.717, 1.165) is 16.8 Å². The Bertz CT molecular complexity index is 1710. The molecule has 3 N–H and O–H groups in total. The molecule has 0 saturated carbocycles. The van der Waals surface area contributed by atoms with Crippen LogP contribution in [0.15, 0.2) is 79.1 Å². The Labute approximate surface area is 218 Å². The molecule has 0 aliphatic carbocycles. The number of hydrogen-bond acceptors (Lipinski definition) is 6. The average molecular weight is 509 g/mol. The van der Waals surface area contributed by atoms with Crippen LogP contribution in [-0.2, 0) is 11.8 Å². The smallest absolute Gasteiger partial charge is 0.250 e. The fourth-order valence-corrected chi connectivity index (χ4v) is 4.27. The summed E-state index contributed by atoms with van der Waals surface area (Å²) in [5.41, 5.74) is 10.9. The minimum Gasteiger partial charge on any atom is -0.439 e. The van der Waals surface area contributed by atoms with Crippen molar-refractivity contribution in [2.45, 2.75) is 13.8 Å². The van der Waals surface area contributed by atoms with Gasteiger partial charge in [-0.2, -0.15) is 0 Å². The highest BCUT2D eigenvalue weighted by atomic mass is 19.1. The number of nitrogens with zero attached hydrogens (tertiary/aromatic N) is 4. The molecule has 3 aromatic heterocycles. The summed E-state index contributed by atoms with van der Waals surface area (Å²) >= 11 is 0. The molecule has 0 atom stereocenters. The maximum Gasteiger partial charge on any atom is 0.250 e. The highest BCUT2D eigenvalue weighted by Crippen LogP contribution is 2.42. The first kappa shape index (κ1) is 24.6. The molecule has 3 heterocycles. The van der Waals surface area contributed by atoms with Gasteiger partial charge in [-0.15, -0.1) is 0 Å². The van der Waals surface area contributed by atoms with Crippen LogP contribution >= 0.6 is 0 Å². The van der Waals surface area contributed by atoms with Crippen LogP contribution in [0.5, 0.6) is 11.6 Å². The van der Waals surface area contributed by atoms with Crippen LogP contribution < -0.4 is 15.8 Å². The summed E-state index contributed by atoms with van der Waals surface area (Å²) in [5.74, 6) is 0.383. The second-order valence-electron chi connectivity index (χ2n) is 8.91. The maximum absolute atomic E-state index is 15.1. The van der Waals surface area contributed by atoms with E-state index < -0.39 is 11.7 Å². The Morgan fingerprint density at radius 1 is 1.08 bits per heavy atom. The number of pyridine rings is 1. The first-order valence-electron chi connectivity index (χ1n) is 11.8. The van der Waals surface area contributed by atoms with Crippen molar-refractivity contribution in [2.24, 2.45) is 7.05 Å². The van der Waals surface area contributed by atoms with Gasteiger partial charge in [0.1, 0.15) is 29.4 Å². The molecule has 5 rings (SSSR count). The van der Waals surface area contributed by atoms with Crippen LogP contribution in [0.3, 0.4) is 0 Å². The number of fused-ring (bicyclic) bond motifs is 1. The Morgan fingerprint density at radius 3 is 2.50 bits per heavy atom. The van der Waals surface area contributed by atoms with E-state index >= 15 is 4.39 Å². The van der Waals surface area contributed by atoms with Gasteiger partial charge in [-0.25, -0.2) is 19.3 Å². The Balaban J connectivity index is 1.61. The highest BCUT2D eigenvalue weighted by molar-refractivity contribution is 6.08. The van der Waals surface area contributed by atoms with Crippen LogP contribution in [0.25, 0.3) is 33.4 Å². The predicted octanol–water partition coefficient (Wildman–Crippen LogP) is 6.03. The van der Waals surface area contributed by atoms with Crippen LogP contribution in [0.4, 0.5) is 15.9 Å². The first-order valence-corrected chi connectivity index (χ1v) is 11.8. The third-order valence-electron chi connectivity index (χ3n) is 6.10. The number of halogens is 1. The lowest BCUT2D eigenvalue weighted by molar-refractivity contribution is -0.112. The molecule has 0 bridgehead atoms. The molecular formula is C29H25FN6O2. The highest BCUT2D eigenvalue weighted by Gasteiger charge is 2.23. The number of anilines is 2. The topological polar surface area (TPSA) is 108 Å². The fraction of sp³-hybridized carbons (Fsp3) is 0.103. The second-order valence-corrected chi connectivity index (χ2v) is 8.91. The van der Waals surface area contributed by atoms with Crippen molar-refractivity contribution in [3.63, 3.8) is 0 Å². The average Bonchev–Trinajstić information content (AvgIpc) is 3.19. The Morgan fingerprint density at radius 2 is 1.82 bits per heavy atom. The molecule has 5 aromatic rings. The van der Waals surface area contributed by atoms with E-state index in [9.17, 15) is 4.79 Å². The van der Waals surface area contributed by atoms with Gasteiger partial charge in [0, 0.05) is 35.5 Å². The van der Waals surface area contributed by atoms with E-state index in [1.807, 2.05) is 54.9 Å². The molecule has 0 radical (unpaired) electrons. The number of hydrogen-bond donors (Lipinski definition) is 2. The summed E-state index contributed by atoms with van der Waals surface area (Å²) in [7, 11) is 1.84. The predicted molar refractivity (Wildman–Crippen MR) is 146 cm³/mol. The van der Waals surface area contributed by atoms with Crippen molar-refractivity contribution in [1.82, 2.24) is 19.5 Å². The number of carbonyl (C=O) groups excluding carboxylic acids is 1. The minimum absolute atomic E-state index is 0.0626. The van der Waals surface area contributed by atoms with E-state index in [1.54, 1.807) is 19.1 Å². The molecule has 190 valence electrons. The largest absolute Gasteiger partial charge is 0.439 e. The second kappa shape index (κ2) is 9.78. The van der Waals surface area contributed by atoms with Gasteiger partial charge in [0.25, 0.3) is 5.91 Å². The standard InChI is InChI=1S/C29H25FN6O2/c1-16(2)29(37)35-22-13-10-19(14-21(22)30)26-24(25-27(31)32-15-33-28(25)36(26)4)18-8-11-20(12-9-18)38-23-7-5-6-17(3)34-23/h5-15H,1H2,2-4H3,(H,35,37)(H2,31,32,33). The number of aromatic nitrogens is 4. The monoisotopic (exact) mass is 508 g/mol. The third-order valence-corrected chi connectivity index (χ3v) is 6.10. The molecular weight excluding hydrogens is 483 g/mol. The van der Waals surface area contributed by atoms with Gasteiger partial charge in [-0.05, 0) is 49.7 Å². The molecule has 38 heavy (non-hydrogen) atoms. The van der Waals surface area contributed by atoms with Crippen LogP contribution in [-0.4, -0.2) is 25.4 Å². The van der Waals surface area contributed by atoms with Gasteiger partial charge in [-0.1, -0.05) is 30.8 Å². The molecule has 9 heteroatoms. The lowest BCUT2D eigenvalue weighted by Crippen LogP contribution is -2.13. The normalized spacial score (nSPS) is 10.9. The summed E-state index contributed by atoms with van der Waals surface area (Å²) in [6.45, 7) is 7.05. The third kappa shape index (κ3) is 4.57. The minimum atomic E-state index is -0.582. The summed E-state index contributed by atoms with van der Waals surface area (Å²) in [5, 5.41) is 3.18. The maximum atomic E-state index is 15.1. The van der Waals surface area contributed by atoms with Gasteiger partial charge in [-0.3, -0.25) is 4.79 Å². The van der Waals surface area contributed by atoms with Crippen LogP contribution in [0.1, 0.15) is 12.6 Å². The number of nitrogens with one attached hydrogen (secondary N) is 1. The zero-order valence-corrected chi connectivity index (χ0v) is 21.1. The molecule has 0 saturated heterocycles. The first-order chi connectivity index (χ1) is 18.2. The molecule has 0 unspecified atom stereocenters. The lowest BCUT2D eigenvalue weighted by atomic mass is 9.98. The number of nitrogen functional groups attached to an aromatic ring is 1. The van der Waals surface area contributed by atoms with E-state index in [4.69, 9.17) is 10.5 Å². The number of nitrogens with two attached hydrogens (primary N) is 1.